The molecule has 0 atom stereocenters. The molecule has 0 aromatic carbocycles. The van der Waals surface area contributed by atoms with E-state index in [2.05, 4.69) is 37.9 Å². The van der Waals surface area contributed by atoms with Crippen LogP contribution in [-0.2, 0) is 4.74 Å². The van der Waals surface area contributed by atoms with Gasteiger partial charge in [0.2, 0.25) is 0 Å². The highest BCUT2D eigenvalue weighted by molar-refractivity contribution is 4.59. The second-order valence-electron chi connectivity index (χ2n) is 4.16. The normalized spacial score (nSPS) is 11.6. The van der Waals surface area contributed by atoms with Crippen LogP contribution in [0.3, 0.4) is 0 Å². The van der Waals surface area contributed by atoms with Gasteiger partial charge >= 0.3 is 0 Å². The van der Waals surface area contributed by atoms with Gasteiger partial charge in [0.1, 0.15) is 0 Å². The molecule has 0 aliphatic carbocycles. The van der Waals surface area contributed by atoms with E-state index in [-0.39, 0.29) is 0 Å². The number of ether oxygens (including phenoxy) is 1. The van der Waals surface area contributed by atoms with Crippen molar-refractivity contribution < 1.29 is 4.74 Å². The van der Waals surface area contributed by atoms with E-state index in [1.807, 2.05) is 0 Å². The van der Waals surface area contributed by atoms with Gasteiger partial charge in [-0.2, -0.15) is 0 Å². The molecule has 15 heavy (non-hydrogen) atoms. The number of nitrogens with zero attached hydrogens (tertiary/aromatic N) is 1. The van der Waals surface area contributed by atoms with Gasteiger partial charge in [0.15, 0.2) is 0 Å². The maximum Gasteiger partial charge on any atom is 0.0593 e. The molecular formula is C12H28N2O. The molecule has 0 radical (unpaired) electrons. The minimum absolute atomic E-state index is 0.583. The van der Waals surface area contributed by atoms with Crippen LogP contribution < -0.4 is 5.32 Å². The molecular weight excluding hydrogens is 188 g/mol. The monoisotopic (exact) mass is 216 g/mol. The third-order valence-corrected chi connectivity index (χ3v) is 2.33. The lowest BCUT2D eigenvalue weighted by atomic mass is 10.4. The Hall–Kier alpha value is -0.120. The average molecular weight is 216 g/mol. The second kappa shape index (κ2) is 10.4. The smallest absolute Gasteiger partial charge is 0.0593 e. The standard InChI is InChI=1S/C12H28N2O/c1-5-10-15-11-9-14(6-2)8-7-13-12(3)4/h12-13H,5-11H2,1-4H3. The van der Waals surface area contributed by atoms with Crippen molar-refractivity contribution in [3.8, 4) is 0 Å². The SMILES string of the molecule is CCCOCCN(CC)CCNC(C)C. The zero-order chi connectivity index (χ0) is 11.5. The van der Waals surface area contributed by atoms with Gasteiger partial charge in [0.05, 0.1) is 6.61 Å². The molecule has 3 nitrogen and oxygen atoms in total. The minimum Gasteiger partial charge on any atom is -0.380 e. The van der Waals surface area contributed by atoms with E-state index in [1.165, 1.54) is 0 Å². The highest BCUT2D eigenvalue weighted by atomic mass is 16.5. The van der Waals surface area contributed by atoms with Gasteiger partial charge in [0, 0.05) is 32.3 Å². The predicted octanol–water partition coefficient (Wildman–Crippen LogP) is 1.73. The van der Waals surface area contributed by atoms with Gasteiger partial charge in [-0.1, -0.05) is 27.7 Å². The fraction of sp³-hybridized carbons (Fsp3) is 1.00. The average Bonchev–Trinajstić information content (AvgIpc) is 2.21. The lowest BCUT2D eigenvalue weighted by molar-refractivity contribution is 0.106. The molecule has 0 unspecified atom stereocenters. The van der Waals surface area contributed by atoms with Crippen LogP contribution in [-0.4, -0.2) is 50.3 Å². The Morgan fingerprint density at radius 2 is 1.87 bits per heavy atom. The summed E-state index contributed by atoms with van der Waals surface area (Å²) < 4.78 is 5.48. The van der Waals surface area contributed by atoms with E-state index < -0.39 is 0 Å². The van der Waals surface area contributed by atoms with Crippen LogP contribution in [0, 0.1) is 0 Å². The van der Waals surface area contributed by atoms with Crippen LogP contribution in [0.5, 0.6) is 0 Å². The van der Waals surface area contributed by atoms with E-state index in [0.29, 0.717) is 6.04 Å². The van der Waals surface area contributed by atoms with Crippen molar-refractivity contribution in [1.82, 2.24) is 10.2 Å². The third kappa shape index (κ3) is 10.2. The summed E-state index contributed by atoms with van der Waals surface area (Å²) >= 11 is 0. The van der Waals surface area contributed by atoms with Gasteiger partial charge in [-0.05, 0) is 13.0 Å². The van der Waals surface area contributed by atoms with Crippen molar-refractivity contribution >= 4 is 0 Å². The van der Waals surface area contributed by atoms with Crippen molar-refractivity contribution in [1.29, 1.82) is 0 Å². The molecule has 0 heterocycles. The summed E-state index contributed by atoms with van der Waals surface area (Å²) in [6, 6.07) is 0.583. The highest BCUT2D eigenvalue weighted by Crippen LogP contribution is 1.89. The van der Waals surface area contributed by atoms with Crippen LogP contribution in [0.4, 0.5) is 0 Å². The van der Waals surface area contributed by atoms with Crippen molar-refractivity contribution in [2.45, 2.75) is 40.2 Å². The Bertz CT molecular complexity index is 129. The predicted molar refractivity (Wildman–Crippen MR) is 66.4 cm³/mol. The van der Waals surface area contributed by atoms with E-state index in [0.717, 1.165) is 45.8 Å². The molecule has 0 aliphatic rings. The molecule has 0 aliphatic heterocycles. The largest absolute Gasteiger partial charge is 0.380 e. The van der Waals surface area contributed by atoms with Gasteiger partial charge in [-0.25, -0.2) is 0 Å². The van der Waals surface area contributed by atoms with Crippen LogP contribution in [0.2, 0.25) is 0 Å². The van der Waals surface area contributed by atoms with Crippen molar-refractivity contribution in [3.05, 3.63) is 0 Å². The maximum absolute atomic E-state index is 5.48. The molecule has 1 N–H and O–H groups in total. The van der Waals surface area contributed by atoms with Gasteiger partial charge in [-0.15, -0.1) is 0 Å². The Balaban J connectivity index is 3.38. The van der Waals surface area contributed by atoms with Crippen molar-refractivity contribution in [3.63, 3.8) is 0 Å². The third-order valence-electron chi connectivity index (χ3n) is 2.33. The molecule has 0 spiro atoms. The zero-order valence-electron chi connectivity index (χ0n) is 10.9. The number of likely N-dealkylation sites (N-methyl/N-ethyl adjacent to an activating group) is 1. The molecule has 0 aromatic heterocycles. The Morgan fingerprint density at radius 3 is 2.40 bits per heavy atom. The minimum atomic E-state index is 0.583. The number of hydrogen-bond donors (Lipinski definition) is 1. The molecule has 92 valence electrons. The highest BCUT2D eigenvalue weighted by Gasteiger charge is 2.01. The van der Waals surface area contributed by atoms with Crippen molar-refractivity contribution in [2.24, 2.45) is 0 Å². The quantitative estimate of drug-likeness (QED) is 0.563. The summed E-state index contributed by atoms with van der Waals surface area (Å²) in [6.45, 7) is 14.8. The molecule has 0 saturated carbocycles. The Morgan fingerprint density at radius 1 is 1.13 bits per heavy atom. The number of nitrogens with one attached hydrogen (secondary N) is 1. The first-order valence-electron chi connectivity index (χ1n) is 6.24. The van der Waals surface area contributed by atoms with E-state index in [1.54, 1.807) is 0 Å². The van der Waals surface area contributed by atoms with Crippen LogP contribution in [0.1, 0.15) is 34.1 Å². The van der Waals surface area contributed by atoms with Crippen molar-refractivity contribution in [2.75, 3.05) is 39.4 Å². The van der Waals surface area contributed by atoms with E-state index >= 15 is 0 Å². The molecule has 0 fully saturated rings. The first kappa shape index (κ1) is 14.9. The lowest BCUT2D eigenvalue weighted by Gasteiger charge is -2.21. The first-order valence-corrected chi connectivity index (χ1v) is 6.24. The maximum atomic E-state index is 5.48. The topological polar surface area (TPSA) is 24.5 Å². The van der Waals surface area contributed by atoms with Crippen LogP contribution in [0.15, 0.2) is 0 Å². The second-order valence-corrected chi connectivity index (χ2v) is 4.16. The fourth-order valence-corrected chi connectivity index (χ4v) is 1.38. The molecule has 0 saturated heterocycles. The van der Waals surface area contributed by atoms with E-state index in [4.69, 9.17) is 4.74 Å². The number of rotatable bonds is 10. The molecule has 3 heteroatoms. The van der Waals surface area contributed by atoms with E-state index in [9.17, 15) is 0 Å². The zero-order valence-corrected chi connectivity index (χ0v) is 10.9. The summed E-state index contributed by atoms with van der Waals surface area (Å²) in [5, 5.41) is 3.43. The molecule has 0 amide bonds. The van der Waals surface area contributed by atoms with Crippen LogP contribution in [0.25, 0.3) is 0 Å². The first-order chi connectivity index (χ1) is 7.20. The summed E-state index contributed by atoms with van der Waals surface area (Å²) in [5.74, 6) is 0. The summed E-state index contributed by atoms with van der Waals surface area (Å²) in [6.07, 6.45) is 1.11. The fourth-order valence-electron chi connectivity index (χ4n) is 1.38. The molecule has 0 rings (SSSR count). The molecule has 0 bridgehead atoms. The van der Waals surface area contributed by atoms with Crippen LogP contribution >= 0.6 is 0 Å². The van der Waals surface area contributed by atoms with Gasteiger partial charge < -0.3 is 15.0 Å². The Labute approximate surface area is 95.2 Å². The lowest BCUT2D eigenvalue weighted by Crippen LogP contribution is -2.36. The van der Waals surface area contributed by atoms with Gasteiger partial charge in [0.25, 0.3) is 0 Å². The van der Waals surface area contributed by atoms with Gasteiger partial charge in [-0.3, -0.25) is 0 Å². The summed E-state index contributed by atoms with van der Waals surface area (Å²) in [5.41, 5.74) is 0. The summed E-state index contributed by atoms with van der Waals surface area (Å²) in [4.78, 5) is 2.42. The molecule has 0 aromatic rings. The summed E-state index contributed by atoms with van der Waals surface area (Å²) in [7, 11) is 0. The number of hydrogen-bond acceptors (Lipinski definition) is 3. The Kier molecular flexibility index (Phi) is 10.3.